The minimum Gasteiger partial charge on any atom is -0.460 e. The van der Waals surface area contributed by atoms with Gasteiger partial charge >= 0.3 is 5.97 Å². The highest BCUT2D eigenvalue weighted by molar-refractivity contribution is 6.43. The summed E-state index contributed by atoms with van der Waals surface area (Å²) in [5.74, 6) is -0.655. The Kier molecular flexibility index (Phi) is 4.66. The summed E-state index contributed by atoms with van der Waals surface area (Å²) in [6.45, 7) is 2.01. The van der Waals surface area contributed by atoms with E-state index in [0.717, 1.165) is 23.5 Å². The third-order valence-electron chi connectivity index (χ3n) is 6.40. The Hall–Kier alpha value is -3.06. The summed E-state index contributed by atoms with van der Waals surface area (Å²) in [5, 5.41) is 7.21. The molecule has 2 aromatic carbocycles. The van der Waals surface area contributed by atoms with Gasteiger partial charge < -0.3 is 9.64 Å². The molecule has 8 heteroatoms. The fourth-order valence-corrected chi connectivity index (χ4v) is 5.25. The molecule has 7 nitrogen and oxygen atoms in total. The van der Waals surface area contributed by atoms with Gasteiger partial charge in [0, 0.05) is 12.1 Å². The number of fused-ring (bicyclic) bond motifs is 2. The summed E-state index contributed by atoms with van der Waals surface area (Å²) in [5.41, 5.74) is 1.46. The molecule has 1 amide bonds. The van der Waals surface area contributed by atoms with Crippen molar-refractivity contribution in [1.82, 2.24) is 0 Å². The third kappa shape index (κ3) is 2.76. The number of amidine groups is 1. The minimum absolute atomic E-state index is 0.0201. The fourth-order valence-electron chi connectivity index (χ4n) is 5.12. The van der Waals surface area contributed by atoms with Crippen molar-refractivity contribution in [1.29, 1.82) is 0 Å². The zero-order valence-corrected chi connectivity index (χ0v) is 18.2. The maximum absolute atomic E-state index is 13.6. The first-order valence-electron chi connectivity index (χ1n) is 10.5. The van der Waals surface area contributed by atoms with E-state index < -0.39 is 11.6 Å². The quantitative estimate of drug-likeness (QED) is 0.677. The van der Waals surface area contributed by atoms with Gasteiger partial charge in [-0.15, -0.1) is 5.10 Å². The van der Waals surface area contributed by atoms with Crippen LogP contribution in [0.4, 0.5) is 17.1 Å². The summed E-state index contributed by atoms with van der Waals surface area (Å²) in [4.78, 5) is 30.3. The van der Waals surface area contributed by atoms with Gasteiger partial charge in [0.15, 0.2) is 5.66 Å². The van der Waals surface area contributed by atoms with Crippen molar-refractivity contribution in [3.8, 4) is 0 Å². The third-order valence-corrected chi connectivity index (χ3v) is 6.65. The van der Waals surface area contributed by atoms with E-state index in [4.69, 9.17) is 21.4 Å². The molecule has 2 aromatic rings. The van der Waals surface area contributed by atoms with E-state index in [2.05, 4.69) is 0 Å². The molecule has 0 bridgehead atoms. The van der Waals surface area contributed by atoms with E-state index in [9.17, 15) is 9.59 Å². The predicted octanol–water partition coefficient (Wildman–Crippen LogP) is 4.02. The highest BCUT2D eigenvalue weighted by atomic mass is 35.5. The van der Waals surface area contributed by atoms with Gasteiger partial charge in [-0.1, -0.05) is 23.7 Å². The lowest BCUT2D eigenvalue weighted by molar-refractivity contribution is -0.135. The second-order valence-corrected chi connectivity index (χ2v) is 8.41. The number of carbonyl (C=O) groups excluding carboxylic acids is 2. The van der Waals surface area contributed by atoms with Gasteiger partial charge in [0.05, 0.1) is 29.6 Å². The van der Waals surface area contributed by atoms with Crippen molar-refractivity contribution in [3.63, 3.8) is 0 Å². The predicted molar refractivity (Wildman–Crippen MR) is 120 cm³/mol. The van der Waals surface area contributed by atoms with Crippen molar-refractivity contribution in [2.45, 2.75) is 31.8 Å². The van der Waals surface area contributed by atoms with Crippen LogP contribution in [0.1, 0.15) is 26.2 Å². The van der Waals surface area contributed by atoms with Crippen LogP contribution >= 0.6 is 11.6 Å². The van der Waals surface area contributed by atoms with Crippen LogP contribution in [0, 0.1) is 5.92 Å². The number of nitrogens with zero attached hydrogens (tertiary/aromatic N) is 4. The van der Waals surface area contributed by atoms with Gasteiger partial charge in [-0.3, -0.25) is 9.69 Å². The molecule has 0 aromatic heterocycles. The SMILES string of the molecule is CCOC(=O)C1=NN(c2ccc(Cl)cc2)C23CCCC2C(=O)N(C)c2ccccc2N13. The number of benzene rings is 2. The Balaban J connectivity index is 1.78. The van der Waals surface area contributed by atoms with Crippen LogP contribution in [0.5, 0.6) is 0 Å². The molecular weight excluding hydrogens is 416 g/mol. The topological polar surface area (TPSA) is 65.5 Å². The summed E-state index contributed by atoms with van der Waals surface area (Å²) in [6, 6.07) is 15.0. The van der Waals surface area contributed by atoms with Crippen LogP contribution in [0.3, 0.4) is 0 Å². The number of rotatable bonds is 3. The van der Waals surface area contributed by atoms with Gasteiger partial charge in [-0.2, -0.15) is 0 Å². The first-order valence-corrected chi connectivity index (χ1v) is 10.8. The number of para-hydroxylation sites is 2. The number of hydrogen-bond acceptors (Lipinski definition) is 6. The van der Waals surface area contributed by atoms with Crippen LogP contribution in [-0.2, 0) is 14.3 Å². The van der Waals surface area contributed by atoms with E-state index in [-0.39, 0.29) is 24.3 Å². The summed E-state index contributed by atoms with van der Waals surface area (Å²) < 4.78 is 5.38. The molecule has 5 rings (SSSR count). The van der Waals surface area contributed by atoms with Crippen molar-refractivity contribution in [2.75, 3.05) is 28.5 Å². The smallest absolute Gasteiger partial charge is 0.376 e. The van der Waals surface area contributed by atoms with Crippen LogP contribution in [0.15, 0.2) is 53.6 Å². The second kappa shape index (κ2) is 7.27. The Morgan fingerprint density at radius 3 is 2.61 bits per heavy atom. The van der Waals surface area contributed by atoms with Gasteiger partial charge in [-0.05, 0) is 62.6 Å². The van der Waals surface area contributed by atoms with E-state index >= 15 is 0 Å². The number of halogens is 1. The Labute approximate surface area is 185 Å². The molecule has 2 atom stereocenters. The molecule has 2 heterocycles. The number of hydrazone groups is 1. The molecule has 2 unspecified atom stereocenters. The molecule has 1 saturated carbocycles. The molecular formula is C23H23ClN4O3. The summed E-state index contributed by atoms with van der Waals surface area (Å²) in [7, 11) is 1.79. The zero-order chi connectivity index (χ0) is 21.8. The number of ether oxygens (including phenoxy) is 1. The Morgan fingerprint density at radius 2 is 1.90 bits per heavy atom. The van der Waals surface area contributed by atoms with Crippen LogP contribution in [0.2, 0.25) is 5.02 Å². The van der Waals surface area contributed by atoms with Gasteiger partial charge in [0.1, 0.15) is 0 Å². The largest absolute Gasteiger partial charge is 0.460 e. The highest BCUT2D eigenvalue weighted by Crippen LogP contribution is 2.54. The minimum atomic E-state index is -0.826. The molecule has 0 saturated heterocycles. The van der Waals surface area contributed by atoms with E-state index in [1.54, 1.807) is 31.0 Å². The van der Waals surface area contributed by atoms with E-state index in [0.29, 0.717) is 17.9 Å². The normalized spacial score (nSPS) is 24.4. The number of anilines is 3. The number of hydrogen-bond donors (Lipinski definition) is 0. The van der Waals surface area contributed by atoms with E-state index in [1.807, 2.05) is 46.3 Å². The first kappa shape index (κ1) is 19.9. The highest BCUT2D eigenvalue weighted by Gasteiger charge is 2.63. The maximum Gasteiger partial charge on any atom is 0.376 e. The number of esters is 1. The molecule has 1 fully saturated rings. The average molecular weight is 439 g/mol. The molecule has 0 radical (unpaired) electrons. The molecule has 2 aliphatic heterocycles. The zero-order valence-electron chi connectivity index (χ0n) is 17.4. The monoisotopic (exact) mass is 438 g/mol. The Bertz CT molecular complexity index is 1090. The van der Waals surface area contributed by atoms with Crippen molar-refractivity contribution in [3.05, 3.63) is 53.6 Å². The Morgan fingerprint density at radius 1 is 1.19 bits per heavy atom. The summed E-state index contributed by atoms with van der Waals surface area (Å²) in [6.07, 6.45) is 2.24. The van der Waals surface area contributed by atoms with Crippen LogP contribution in [0.25, 0.3) is 0 Å². The average Bonchev–Trinajstić information content (AvgIpc) is 3.34. The second-order valence-electron chi connectivity index (χ2n) is 7.98. The maximum atomic E-state index is 13.6. The fraction of sp³-hybridized carbons (Fsp3) is 0.348. The molecule has 0 N–H and O–H groups in total. The summed E-state index contributed by atoms with van der Waals surface area (Å²) >= 11 is 6.12. The number of carbonyl (C=O) groups is 2. The van der Waals surface area contributed by atoms with Crippen LogP contribution in [-0.4, -0.2) is 37.0 Å². The van der Waals surface area contributed by atoms with Crippen LogP contribution < -0.4 is 14.8 Å². The molecule has 160 valence electrons. The number of amides is 1. The van der Waals surface area contributed by atoms with Gasteiger partial charge in [-0.25, -0.2) is 9.80 Å². The lowest BCUT2D eigenvalue weighted by Crippen LogP contribution is -2.61. The van der Waals surface area contributed by atoms with Crippen molar-refractivity contribution >= 4 is 46.4 Å². The molecule has 31 heavy (non-hydrogen) atoms. The standard InChI is InChI=1S/C23H23ClN4O3/c1-3-31-22(30)20-25-28(16-12-10-15(24)11-13-16)23-14-6-7-17(23)21(29)26(2)18-8-4-5-9-19(18)27(20)23/h4-5,8-13,17H,3,6-7,14H2,1-2H3. The molecule has 3 aliphatic rings. The van der Waals surface area contributed by atoms with E-state index in [1.165, 1.54) is 0 Å². The van der Waals surface area contributed by atoms with Crippen molar-refractivity contribution in [2.24, 2.45) is 11.0 Å². The first-order chi connectivity index (χ1) is 15.0. The van der Waals surface area contributed by atoms with Gasteiger partial charge in [0.2, 0.25) is 11.7 Å². The van der Waals surface area contributed by atoms with Crippen molar-refractivity contribution < 1.29 is 14.3 Å². The lowest BCUT2D eigenvalue weighted by atomic mass is 9.92. The molecule has 1 spiro atoms. The van der Waals surface area contributed by atoms with Gasteiger partial charge in [0.25, 0.3) is 0 Å². The molecule has 1 aliphatic carbocycles. The lowest BCUT2D eigenvalue weighted by Gasteiger charge is -2.43.